The number of Topliss-reactive ketones (excluding diaryl/α,β-unsaturated/α-hetero) is 1. The Bertz CT molecular complexity index is 763. The molecular weight excluding hydrogens is 326 g/mol. The van der Waals surface area contributed by atoms with Crippen LogP contribution in [0.3, 0.4) is 0 Å². The fraction of sp³-hybridized carbons (Fsp3) is 0.529. The minimum atomic E-state index is -0.344. The third-order valence-corrected chi connectivity index (χ3v) is 5.05. The van der Waals surface area contributed by atoms with Crippen LogP contribution in [0.15, 0.2) is 4.42 Å². The average Bonchev–Trinajstić information content (AvgIpc) is 3.12. The van der Waals surface area contributed by atoms with Gasteiger partial charge in [-0.1, -0.05) is 31.1 Å². The minimum Gasteiger partial charge on any atom is -0.465 e. The van der Waals surface area contributed by atoms with Crippen molar-refractivity contribution in [2.75, 3.05) is 5.32 Å². The van der Waals surface area contributed by atoms with Crippen LogP contribution in [-0.4, -0.2) is 21.9 Å². The Kier molecular flexibility index (Phi) is 5.08. The average molecular weight is 347 g/mol. The predicted molar refractivity (Wildman–Crippen MR) is 91.8 cm³/mol. The molecule has 2 aromatic heterocycles. The van der Waals surface area contributed by atoms with E-state index >= 15 is 0 Å². The first kappa shape index (κ1) is 16.8. The van der Waals surface area contributed by atoms with Crippen LogP contribution in [0.4, 0.5) is 5.13 Å². The van der Waals surface area contributed by atoms with Crippen molar-refractivity contribution in [3.05, 3.63) is 27.7 Å². The van der Waals surface area contributed by atoms with Crippen molar-refractivity contribution >= 4 is 28.2 Å². The molecule has 1 N–H and O–H groups in total. The largest absolute Gasteiger partial charge is 0.465 e. The van der Waals surface area contributed by atoms with E-state index in [1.165, 1.54) is 11.3 Å². The highest BCUT2D eigenvalue weighted by Gasteiger charge is 2.30. The second kappa shape index (κ2) is 7.25. The molecule has 2 heterocycles. The third-order valence-electron chi connectivity index (χ3n) is 4.15. The van der Waals surface area contributed by atoms with Crippen LogP contribution in [0.25, 0.3) is 0 Å². The number of carbonyl (C=O) groups excluding carboxylic acids is 2. The molecule has 128 valence electrons. The van der Waals surface area contributed by atoms with Crippen molar-refractivity contribution in [2.45, 2.75) is 58.8 Å². The van der Waals surface area contributed by atoms with Crippen LogP contribution >= 0.6 is 11.3 Å². The van der Waals surface area contributed by atoms with Crippen molar-refractivity contribution in [1.82, 2.24) is 10.2 Å². The molecule has 0 bridgehead atoms. The lowest BCUT2D eigenvalue weighted by Crippen LogP contribution is -2.18. The molecule has 1 aliphatic rings. The zero-order chi connectivity index (χ0) is 17.1. The summed E-state index contributed by atoms with van der Waals surface area (Å²) in [4.78, 5) is 24.8. The Labute approximate surface area is 144 Å². The van der Waals surface area contributed by atoms with Gasteiger partial charge >= 0.3 is 0 Å². The lowest BCUT2D eigenvalue weighted by Gasteiger charge is -2.09. The zero-order valence-corrected chi connectivity index (χ0v) is 14.8. The summed E-state index contributed by atoms with van der Waals surface area (Å²) in [7, 11) is 0. The number of hydrogen-bond acceptors (Lipinski definition) is 6. The molecule has 0 unspecified atom stereocenters. The first-order valence-electron chi connectivity index (χ1n) is 8.39. The number of nitrogens with zero attached hydrogens (tertiary/aromatic N) is 2. The Morgan fingerprint density at radius 3 is 2.92 bits per heavy atom. The van der Waals surface area contributed by atoms with Crippen molar-refractivity contribution in [3.63, 3.8) is 0 Å². The Morgan fingerprint density at radius 1 is 1.29 bits per heavy atom. The van der Waals surface area contributed by atoms with Gasteiger partial charge in [0.15, 0.2) is 5.78 Å². The maximum atomic E-state index is 12.6. The van der Waals surface area contributed by atoms with Gasteiger partial charge in [-0.15, -0.1) is 10.2 Å². The van der Waals surface area contributed by atoms with Gasteiger partial charge in [-0.25, -0.2) is 0 Å². The van der Waals surface area contributed by atoms with Gasteiger partial charge in [-0.2, -0.15) is 0 Å². The minimum absolute atomic E-state index is 0.0178. The maximum absolute atomic E-state index is 12.6. The number of hydrogen-bond donors (Lipinski definition) is 1. The number of aromatic nitrogens is 2. The van der Waals surface area contributed by atoms with E-state index in [1.807, 2.05) is 0 Å². The van der Waals surface area contributed by atoms with Crippen molar-refractivity contribution in [1.29, 1.82) is 0 Å². The topological polar surface area (TPSA) is 85.1 Å². The Hall–Kier alpha value is -2.02. The van der Waals surface area contributed by atoms with E-state index in [4.69, 9.17) is 4.42 Å². The highest BCUT2D eigenvalue weighted by Crippen LogP contribution is 2.30. The van der Waals surface area contributed by atoms with E-state index in [2.05, 4.69) is 22.4 Å². The number of carbonyl (C=O) groups is 2. The molecule has 0 radical (unpaired) electrons. The quantitative estimate of drug-likeness (QED) is 0.800. The summed E-state index contributed by atoms with van der Waals surface area (Å²) in [5.74, 6) is 0.756. The molecule has 0 spiro atoms. The van der Waals surface area contributed by atoms with Crippen LogP contribution in [0.5, 0.6) is 0 Å². The molecule has 3 rings (SSSR count). The standard InChI is InChI=1S/C17H21N3O3S/c1-3-4-5-9-13-19-20-17(24-13)18-16(22)14-10(2)23-12-8-6-7-11(21)15(12)14/h3-9H2,1-2H3,(H,18,20,22). The number of amides is 1. The van der Waals surface area contributed by atoms with Crippen molar-refractivity contribution in [3.8, 4) is 0 Å². The van der Waals surface area contributed by atoms with Gasteiger partial charge in [0, 0.05) is 19.3 Å². The first-order chi connectivity index (χ1) is 11.6. The van der Waals surface area contributed by atoms with Crippen molar-refractivity contribution in [2.24, 2.45) is 0 Å². The van der Waals surface area contributed by atoms with Crippen LogP contribution < -0.4 is 5.32 Å². The summed E-state index contributed by atoms with van der Waals surface area (Å²) < 4.78 is 5.62. The molecule has 0 saturated heterocycles. The molecule has 24 heavy (non-hydrogen) atoms. The molecule has 2 aromatic rings. The second-order valence-corrected chi connectivity index (χ2v) is 7.08. The zero-order valence-electron chi connectivity index (χ0n) is 14.0. The molecule has 0 aromatic carbocycles. The summed E-state index contributed by atoms with van der Waals surface area (Å²) in [6.07, 6.45) is 6.20. The number of ketones is 1. The molecule has 0 aliphatic heterocycles. The van der Waals surface area contributed by atoms with Crippen LogP contribution in [0.2, 0.25) is 0 Å². The number of anilines is 1. The number of nitrogens with one attached hydrogen (secondary N) is 1. The molecule has 0 saturated carbocycles. The monoisotopic (exact) mass is 347 g/mol. The molecule has 0 atom stereocenters. The second-order valence-electron chi connectivity index (χ2n) is 6.02. The Morgan fingerprint density at radius 2 is 2.12 bits per heavy atom. The van der Waals surface area contributed by atoms with Crippen LogP contribution in [0, 0.1) is 6.92 Å². The number of aryl methyl sites for hydroxylation is 3. The highest BCUT2D eigenvalue weighted by molar-refractivity contribution is 7.15. The smallest absolute Gasteiger partial charge is 0.261 e. The number of furan rings is 1. The summed E-state index contributed by atoms with van der Waals surface area (Å²) in [6.45, 7) is 3.87. The lowest BCUT2D eigenvalue weighted by atomic mass is 9.93. The lowest BCUT2D eigenvalue weighted by molar-refractivity contribution is 0.0955. The molecule has 1 aliphatic carbocycles. The summed E-state index contributed by atoms with van der Waals surface area (Å²) in [6, 6.07) is 0. The molecule has 0 fully saturated rings. The van der Waals surface area contributed by atoms with Gasteiger partial charge in [0.05, 0.1) is 11.1 Å². The van der Waals surface area contributed by atoms with Gasteiger partial charge < -0.3 is 4.42 Å². The van der Waals surface area contributed by atoms with Gasteiger partial charge in [-0.05, 0) is 19.8 Å². The molecule has 1 amide bonds. The highest BCUT2D eigenvalue weighted by atomic mass is 32.1. The summed E-state index contributed by atoms with van der Waals surface area (Å²) in [5, 5.41) is 12.3. The molecular formula is C17H21N3O3S. The van der Waals surface area contributed by atoms with Crippen molar-refractivity contribution < 1.29 is 14.0 Å². The SMILES string of the molecule is CCCCCc1nnc(NC(=O)c2c(C)oc3c2C(=O)CCC3)s1. The van der Waals surface area contributed by atoms with E-state index < -0.39 is 0 Å². The predicted octanol–water partition coefficient (Wildman–Crippen LogP) is 3.94. The van der Waals surface area contributed by atoms with Gasteiger partial charge in [-0.3, -0.25) is 14.9 Å². The fourth-order valence-electron chi connectivity index (χ4n) is 2.97. The first-order valence-corrected chi connectivity index (χ1v) is 9.21. The summed E-state index contributed by atoms with van der Waals surface area (Å²) >= 11 is 1.38. The van der Waals surface area contributed by atoms with E-state index in [-0.39, 0.29) is 11.7 Å². The number of fused-ring (bicyclic) bond motifs is 1. The van der Waals surface area contributed by atoms with Gasteiger partial charge in [0.25, 0.3) is 5.91 Å². The normalized spacial score (nSPS) is 13.8. The number of unbranched alkanes of at least 4 members (excludes halogenated alkanes) is 2. The van der Waals surface area contributed by atoms with Crippen LogP contribution in [0.1, 0.15) is 76.3 Å². The van der Waals surface area contributed by atoms with Gasteiger partial charge in [0.2, 0.25) is 5.13 Å². The molecule has 7 heteroatoms. The van der Waals surface area contributed by atoms with E-state index in [1.54, 1.807) is 6.92 Å². The van der Waals surface area contributed by atoms with E-state index in [9.17, 15) is 9.59 Å². The summed E-state index contributed by atoms with van der Waals surface area (Å²) in [5.41, 5.74) is 0.793. The van der Waals surface area contributed by atoms with Crippen LogP contribution in [-0.2, 0) is 12.8 Å². The fourth-order valence-corrected chi connectivity index (χ4v) is 3.75. The maximum Gasteiger partial charge on any atom is 0.261 e. The third kappa shape index (κ3) is 3.40. The molecule has 6 nitrogen and oxygen atoms in total. The van der Waals surface area contributed by atoms with E-state index in [0.29, 0.717) is 40.6 Å². The van der Waals surface area contributed by atoms with E-state index in [0.717, 1.165) is 37.1 Å². The van der Waals surface area contributed by atoms with Gasteiger partial charge in [0.1, 0.15) is 16.5 Å². The number of rotatable bonds is 6. The Balaban J connectivity index is 1.74.